The Kier molecular flexibility index (Phi) is 47.9. The van der Waals surface area contributed by atoms with Gasteiger partial charge in [-0.2, -0.15) is 0 Å². The number of allylic oxidation sites excluding steroid dienone is 19. The van der Waals surface area contributed by atoms with Gasteiger partial charge < -0.3 is 65.1 Å². The van der Waals surface area contributed by atoms with Crippen LogP contribution in [-0.4, -0.2) is 140 Å². The number of amides is 1. The molecule has 12 unspecified atom stereocenters. The zero-order chi connectivity index (χ0) is 60.2. The molecule has 0 spiro atoms. The van der Waals surface area contributed by atoms with Crippen LogP contribution in [0.3, 0.4) is 0 Å². The molecule has 0 radical (unpaired) electrons. The van der Waals surface area contributed by atoms with E-state index in [4.69, 9.17) is 18.9 Å². The number of hydrogen-bond donors (Lipinski definition) is 9. The first-order chi connectivity index (χ1) is 40.6. The van der Waals surface area contributed by atoms with Crippen LogP contribution in [0.15, 0.2) is 122 Å². The first-order valence-electron chi connectivity index (χ1n) is 32.3. The van der Waals surface area contributed by atoms with Gasteiger partial charge in [0.2, 0.25) is 5.91 Å². The molecule has 12 atom stereocenters. The number of hydrogen-bond acceptors (Lipinski definition) is 13. The molecule has 0 saturated carbocycles. The minimum Gasteiger partial charge on any atom is -0.394 e. The summed E-state index contributed by atoms with van der Waals surface area (Å²) in [7, 11) is 0. The lowest BCUT2D eigenvalue weighted by Gasteiger charge is -2.46. The molecule has 1 amide bonds. The van der Waals surface area contributed by atoms with Gasteiger partial charge in [0.1, 0.15) is 48.8 Å². The maximum absolute atomic E-state index is 13.3. The molecule has 2 rings (SSSR count). The van der Waals surface area contributed by atoms with Crippen LogP contribution in [0, 0.1) is 0 Å². The van der Waals surface area contributed by atoms with Crippen molar-refractivity contribution in [2.75, 3.05) is 19.8 Å². The Morgan fingerprint density at radius 1 is 0.446 bits per heavy atom. The van der Waals surface area contributed by atoms with Crippen molar-refractivity contribution < 1.29 is 64.6 Å². The standard InChI is InChI=1S/C69H115NO13/c1-3-5-7-9-11-13-15-17-18-19-20-21-22-23-24-25-26-27-28-29-30-31-32-33-34-35-36-37-38-39-40-41-43-45-47-49-51-53-61(74)70-57(58(73)52-50-48-46-44-42-16-14-12-10-8-6-4-2)56-80-68-66(79)64(77)67(60(55-72)82-68)83-69-65(78)63(76)62(75)59(54-71)81-69/h5,7,11,13,17-18,20-21,23-24,26-27,29-30,32-33,35-36,50,52,57-60,62-69,71-73,75-79H,3-4,6,8-10,12,14-16,19,22,25,28,31,34,37-49,51,53-56H2,1-2H3,(H,70,74)/b7-5-,13-11-,18-17-,21-20-,24-23-,27-26-,30-29-,33-32-,36-35-,52-50+. The first kappa shape index (κ1) is 75.5. The lowest BCUT2D eigenvalue weighted by molar-refractivity contribution is -0.359. The van der Waals surface area contributed by atoms with E-state index in [-0.39, 0.29) is 18.9 Å². The summed E-state index contributed by atoms with van der Waals surface area (Å²) < 4.78 is 22.8. The quantitative estimate of drug-likeness (QED) is 0.0204. The van der Waals surface area contributed by atoms with Crippen LogP contribution >= 0.6 is 0 Å². The molecule has 0 aromatic carbocycles. The minimum absolute atomic E-state index is 0.252. The molecule has 0 aromatic rings. The van der Waals surface area contributed by atoms with E-state index in [0.717, 1.165) is 103 Å². The molecular formula is C69H115NO13. The van der Waals surface area contributed by atoms with Gasteiger partial charge in [-0.1, -0.05) is 238 Å². The Morgan fingerprint density at radius 3 is 1.28 bits per heavy atom. The molecule has 2 saturated heterocycles. The average Bonchev–Trinajstić information content (AvgIpc) is 3.58. The van der Waals surface area contributed by atoms with Gasteiger partial charge in [-0.05, 0) is 89.9 Å². The van der Waals surface area contributed by atoms with Gasteiger partial charge in [0.05, 0.1) is 32.0 Å². The molecule has 2 fully saturated rings. The Bertz CT molecular complexity index is 1850. The van der Waals surface area contributed by atoms with Gasteiger partial charge in [0, 0.05) is 6.42 Å². The SMILES string of the molecule is CC/C=C\C/C=C\C/C=C\C/C=C\C/C=C\C/C=C\C/C=C\C/C=C\C/C=C\CCCCCCCCCCCC(=O)NC(COC1OC(CO)C(OC2OC(CO)C(O)C(O)C2O)C(O)C1O)C(O)/C=C/CCCCCCCCCCCC. The highest BCUT2D eigenvalue weighted by molar-refractivity contribution is 5.76. The van der Waals surface area contributed by atoms with Crippen LogP contribution in [-0.2, 0) is 23.7 Å². The highest BCUT2D eigenvalue weighted by Gasteiger charge is 2.51. The zero-order valence-electron chi connectivity index (χ0n) is 51.1. The summed E-state index contributed by atoms with van der Waals surface area (Å²) in [5.74, 6) is -0.252. The molecule has 2 heterocycles. The molecule has 0 aliphatic carbocycles. The fourth-order valence-corrected chi connectivity index (χ4v) is 9.75. The fourth-order valence-electron chi connectivity index (χ4n) is 9.75. The number of rotatable bonds is 50. The van der Waals surface area contributed by atoms with Crippen molar-refractivity contribution in [3.63, 3.8) is 0 Å². The van der Waals surface area contributed by atoms with E-state index in [1.807, 2.05) is 6.08 Å². The molecule has 14 heteroatoms. The molecule has 0 bridgehead atoms. The van der Waals surface area contributed by atoms with Crippen LogP contribution in [0.5, 0.6) is 0 Å². The highest BCUT2D eigenvalue weighted by atomic mass is 16.7. The Hall–Kier alpha value is -3.61. The Morgan fingerprint density at radius 2 is 0.831 bits per heavy atom. The zero-order valence-corrected chi connectivity index (χ0v) is 51.1. The van der Waals surface area contributed by atoms with E-state index in [1.165, 1.54) is 83.5 Å². The molecule has 2 aliphatic heterocycles. The second-order valence-electron chi connectivity index (χ2n) is 22.2. The lowest BCUT2D eigenvalue weighted by atomic mass is 9.97. The summed E-state index contributed by atoms with van der Waals surface area (Å²) in [5.41, 5.74) is 0. The number of carbonyl (C=O) groups is 1. The topological polar surface area (TPSA) is 228 Å². The van der Waals surface area contributed by atoms with Crippen molar-refractivity contribution in [3.05, 3.63) is 122 Å². The van der Waals surface area contributed by atoms with E-state index in [1.54, 1.807) is 6.08 Å². The lowest BCUT2D eigenvalue weighted by Crippen LogP contribution is -2.65. The highest BCUT2D eigenvalue weighted by Crippen LogP contribution is 2.30. The summed E-state index contributed by atoms with van der Waals surface area (Å²) in [6.07, 6.45) is 59.6. The van der Waals surface area contributed by atoms with E-state index >= 15 is 0 Å². The van der Waals surface area contributed by atoms with Crippen molar-refractivity contribution in [3.8, 4) is 0 Å². The van der Waals surface area contributed by atoms with Crippen LogP contribution < -0.4 is 5.32 Å². The van der Waals surface area contributed by atoms with Crippen molar-refractivity contribution in [1.29, 1.82) is 0 Å². The van der Waals surface area contributed by atoms with E-state index in [9.17, 15) is 45.6 Å². The van der Waals surface area contributed by atoms with Gasteiger partial charge in [0.25, 0.3) is 0 Å². The van der Waals surface area contributed by atoms with E-state index < -0.39 is 86.8 Å². The molecule has 0 aromatic heterocycles. The van der Waals surface area contributed by atoms with Gasteiger partial charge in [-0.15, -0.1) is 0 Å². The summed E-state index contributed by atoms with van der Waals surface area (Å²) in [6, 6.07) is -0.925. The van der Waals surface area contributed by atoms with Crippen LogP contribution in [0.2, 0.25) is 0 Å². The third kappa shape index (κ3) is 37.5. The third-order valence-electron chi connectivity index (χ3n) is 14.9. The predicted octanol–water partition coefficient (Wildman–Crippen LogP) is 12.2. The van der Waals surface area contributed by atoms with Crippen molar-refractivity contribution >= 4 is 5.91 Å². The number of aliphatic hydroxyl groups excluding tert-OH is 8. The predicted molar refractivity (Wildman–Crippen MR) is 336 cm³/mol. The number of unbranched alkanes of at least 4 members (excludes halogenated alkanes) is 19. The minimum atomic E-state index is -1.79. The molecular weight excluding hydrogens is 1050 g/mol. The summed E-state index contributed by atoms with van der Waals surface area (Å²) in [6.45, 7) is 2.65. The number of carbonyl (C=O) groups excluding carboxylic acids is 1. The number of aliphatic hydroxyl groups is 8. The van der Waals surface area contributed by atoms with Crippen molar-refractivity contribution in [1.82, 2.24) is 5.32 Å². The Labute approximate surface area is 501 Å². The largest absolute Gasteiger partial charge is 0.394 e. The van der Waals surface area contributed by atoms with Gasteiger partial charge in [-0.25, -0.2) is 0 Å². The molecule has 9 N–H and O–H groups in total. The maximum atomic E-state index is 13.3. The molecule has 14 nitrogen and oxygen atoms in total. The fraction of sp³-hybridized carbons (Fsp3) is 0.696. The van der Waals surface area contributed by atoms with Gasteiger partial charge in [-0.3, -0.25) is 4.79 Å². The monoisotopic (exact) mass is 1170 g/mol. The maximum Gasteiger partial charge on any atom is 0.220 e. The van der Waals surface area contributed by atoms with Crippen molar-refractivity contribution in [2.45, 2.75) is 286 Å². The summed E-state index contributed by atoms with van der Waals surface area (Å²) in [5, 5.41) is 87.1. The molecule has 2 aliphatic rings. The van der Waals surface area contributed by atoms with Crippen LogP contribution in [0.4, 0.5) is 0 Å². The Balaban J connectivity index is 1.64. The summed E-state index contributed by atoms with van der Waals surface area (Å²) >= 11 is 0. The molecule has 474 valence electrons. The summed E-state index contributed by atoms with van der Waals surface area (Å²) in [4.78, 5) is 13.3. The van der Waals surface area contributed by atoms with E-state index in [0.29, 0.717) is 6.42 Å². The first-order valence-corrected chi connectivity index (χ1v) is 32.3. The molecule has 83 heavy (non-hydrogen) atoms. The van der Waals surface area contributed by atoms with Gasteiger partial charge >= 0.3 is 0 Å². The van der Waals surface area contributed by atoms with E-state index in [2.05, 4.69) is 129 Å². The second-order valence-corrected chi connectivity index (χ2v) is 22.2. The van der Waals surface area contributed by atoms with Crippen LogP contribution in [0.1, 0.15) is 213 Å². The smallest absolute Gasteiger partial charge is 0.220 e. The average molecular weight is 1170 g/mol. The van der Waals surface area contributed by atoms with Crippen LogP contribution in [0.25, 0.3) is 0 Å². The normalized spacial score (nSPS) is 24.7. The van der Waals surface area contributed by atoms with Gasteiger partial charge in [0.15, 0.2) is 12.6 Å². The van der Waals surface area contributed by atoms with Crippen molar-refractivity contribution in [2.24, 2.45) is 0 Å². The number of nitrogens with one attached hydrogen (secondary N) is 1. The number of ether oxygens (including phenoxy) is 4. The third-order valence-corrected chi connectivity index (χ3v) is 14.9. The second kappa shape index (κ2) is 52.7.